The van der Waals surface area contributed by atoms with E-state index in [9.17, 15) is 13.2 Å². The topological polar surface area (TPSA) is 78.4 Å². The van der Waals surface area contributed by atoms with Crippen molar-refractivity contribution in [1.82, 2.24) is 9.80 Å². The first kappa shape index (κ1) is 19.7. The maximum Gasteiger partial charge on any atom is 0.416 e. The van der Waals surface area contributed by atoms with E-state index in [-0.39, 0.29) is 17.8 Å². The Morgan fingerprint density at radius 1 is 1.15 bits per heavy atom. The van der Waals surface area contributed by atoms with Gasteiger partial charge in [0.15, 0.2) is 0 Å². The highest BCUT2D eigenvalue weighted by atomic mass is 19.4. The molecule has 1 aromatic rings. The van der Waals surface area contributed by atoms with Crippen molar-refractivity contribution in [2.45, 2.75) is 19.6 Å². The van der Waals surface area contributed by atoms with Gasteiger partial charge >= 0.3 is 6.18 Å². The quantitative estimate of drug-likeness (QED) is 0.642. The number of nitriles is 2. The molecule has 1 fully saturated rings. The molecule has 0 atom stereocenters. The molecule has 1 heterocycles. The molecule has 1 aliphatic rings. The molecule has 0 saturated carbocycles. The van der Waals surface area contributed by atoms with Gasteiger partial charge in [0.05, 0.1) is 11.3 Å². The monoisotopic (exact) mass is 364 g/mol. The lowest BCUT2D eigenvalue weighted by Gasteiger charge is -2.34. The molecule has 138 valence electrons. The van der Waals surface area contributed by atoms with Gasteiger partial charge in [-0.2, -0.15) is 28.8 Å². The third-order valence-corrected chi connectivity index (χ3v) is 4.23. The molecular formula is C17H19F3N6. The maximum absolute atomic E-state index is 13.4. The summed E-state index contributed by atoms with van der Waals surface area (Å²) in [4.78, 5) is 4.26. The normalized spacial score (nSPS) is 15.8. The summed E-state index contributed by atoms with van der Waals surface area (Å²) in [5, 5.41) is 20.7. The number of rotatable bonds is 5. The van der Waals surface area contributed by atoms with Crippen LogP contribution in [0.1, 0.15) is 18.1 Å². The SMILES string of the molecule is CCN1CCN(Cc2ccc(NN=C(C#N)C#N)cc2C(F)(F)F)CC1. The summed E-state index contributed by atoms with van der Waals surface area (Å²) in [5.74, 6) is 0. The Balaban J connectivity index is 2.18. The van der Waals surface area contributed by atoms with Crippen molar-refractivity contribution in [3.8, 4) is 12.1 Å². The van der Waals surface area contributed by atoms with Gasteiger partial charge in [0, 0.05) is 32.7 Å². The van der Waals surface area contributed by atoms with Crippen LogP contribution in [0, 0.1) is 22.7 Å². The van der Waals surface area contributed by atoms with E-state index in [2.05, 4.69) is 22.4 Å². The number of piperazine rings is 1. The second-order valence-electron chi connectivity index (χ2n) is 5.88. The number of halogens is 3. The second-order valence-corrected chi connectivity index (χ2v) is 5.88. The van der Waals surface area contributed by atoms with Crippen LogP contribution in [0.3, 0.4) is 0 Å². The molecule has 0 amide bonds. The standard InChI is InChI=1S/C17H19F3N6/c1-2-25-5-7-26(8-6-25)12-13-3-4-14(9-16(13)17(18,19)20)23-24-15(10-21)11-22/h3-4,9,23H,2,5-8,12H2,1H3. The number of hydrazone groups is 1. The van der Waals surface area contributed by atoms with E-state index in [0.717, 1.165) is 38.8 Å². The van der Waals surface area contributed by atoms with E-state index < -0.39 is 17.5 Å². The molecule has 1 N–H and O–H groups in total. The number of likely N-dealkylation sites (N-methyl/N-ethyl adjacent to an activating group) is 1. The van der Waals surface area contributed by atoms with Crippen LogP contribution >= 0.6 is 0 Å². The lowest BCUT2D eigenvalue weighted by atomic mass is 10.0. The highest BCUT2D eigenvalue weighted by Gasteiger charge is 2.34. The van der Waals surface area contributed by atoms with Crippen LogP contribution in [0.2, 0.25) is 0 Å². The van der Waals surface area contributed by atoms with E-state index >= 15 is 0 Å². The Morgan fingerprint density at radius 3 is 2.31 bits per heavy atom. The minimum Gasteiger partial charge on any atom is -0.301 e. The van der Waals surface area contributed by atoms with Gasteiger partial charge in [0.2, 0.25) is 5.71 Å². The van der Waals surface area contributed by atoms with Crippen molar-refractivity contribution in [1.29, 1.82) is 10.5 Å². The summed E-state index contributed by atoms with van der Waals surface area (Å²) in [7, 11) is 0. The summed E-state index contributed by atoms with van der Waals surface area (Å²) >= 11 is 0. The van der Waals surface area contributed by atoms with Gasteiger partial charge in [-0.1, -0.05) is 13.0 Å². The van der Waals surface area contributed by atoms with Crippen LogP contribution in [0.25, 0.3) is 0 Å². The molecule has 1 aliphatic heterocycles. The molecule has 6 nitrogen and oxygen atoms in total. The zero-order valence-corrected chi connectivity index (χ0v) is 14.3. The number of benzene rings is 1. The molecule has 0 spiro atoms. The van der Waals surface area contributed by atoms with Crippen molar-refractivity contribution in [3.63, 3.8) is 0 Å². The highest BCUT2D eigenvalue weighted by Crippen LogP contribution is 2.34. The fourth-order valence-electron chi connectivity index (χ4n) is 2.75. The molecule has 26 heavy (non-hydrogen) atoms. The zero-order chi connectivity index (χ0) is 19.2. The Bertz CT molecular complexity index is 720. The summed E-state index contributed by atoms with van der Waals surface area (Å²) in [5.41, 5.74) is 1.38. The first-order valence-corrected chi connectivity index (χ1v) is 8.16. The van der Waals surface area contributed by atoms with Crippen molar-refractivity contribution in [3.05, 3.63) is 29.3 Å². The number of hydrogen-bond acceptors (Lipinski definition) is 6. The van der Waals surface area contributed by atoms with Crippen molar-refractivity contribution >= 4 is 11.4 Å². The number of hydrogen-bond donors (Lipinski definition) is 1. The number of nitrogens with one attached hydrogen (secondary N) is 1. The lowest BCUT2D eigenvalue weighted by molar-refractivity contribution is -0.138. The predicted octanol–water partition coefficient (Wildman–Crippen LogP) is 2.66. The van der Waals surface area contributed by atoms with Gasteiger partial charge in [-0.25, -0.2) is 0 Å². The first-order chi connectivity index (χ1) is 12.4. The first-order valence-electron chi connectivity index (χ1n) is 8.16. The summed E-state index contributed by atoms with van der Waals surface area (Å²) < 4.78 is 40.3. The van der Waals surface area contributed by atoms with Crippen LogP contribution in [-0.2, 0) is 12.7 Å². The van der Waals surface area contributed by atoms with E-state index in [0.29, 0.717) is 0 Å². The van der Waals surface area contributed by atoms with Crippen LogP contribution < -0.4 is 5.43 Å². The molecule has 1 aromatic carbocycles. The largest absolute Gasteiger partial charge is 0.416 e. The third kappa shape index (κ3) is 5.19. The van der Waals surface area contributed by atoms with Crippen LogP contribution in [0.15, 0.2) is 23.3 Å². The summed E-state index contributed by atoms with van der Waals surface area (Å²) in [6, 6.07) is 6.89. The Kier molecular flexibility index (Phi) is 6.56. The number of nitrogens with zero attached hydrogens (tertiary/aromatic N) is 5. The van der Waals surface area contributed by atoms with Crippen LogP contribution in [0.4, 0.5) is 18.9 Å². The van der Waals surface area contributed by atoms with E-state index in [1.54, 1.807) is 0 Å². The van der Waals surface area contributed by atoms with Crippen molar-refractivity contribution in [2.75, 3.05) is 38.1 Å². The summed E-state index contributed by atoms with van der Waals surface area (Å²) in [6.07, 6.45) is -4.50. The second kappa shape index (κ2) is 8.65. The molecule has 0 aromatic heterocycles. The minimum absolute atomic E-state index is 0.0693. The zero-order valence-electron chi connectivity index (χ0n) is 14.3. The van der Waals surface area contributed by atoms with Crippen LogP contribution in [-0.4, -0.2) is 48.2 Å². The molecule has 0 radical (unpaired) electrons. The Morgan fingerprint density at radius 2 is 1.77 bits per heavy atom. The van der Waals surface area contributed by atoms with E-state index in [1.807, 2.05) is 4.90 Å². The predicted molar refractivity (Wildman–Crippen MR) is 91.1 cm³/mol. The Hall–Kier alpha value is -2.62. The average Bonchev–Trinajstić information content (AvgIpc) is 2.63. The third-order valence-electron chi connectivity index (χ3n) is 4.23. The molecule has 0 bridgehead atoms. The number of alkyl halides is 3. The lowest BCUT2D eigenvalue weighted by Crippen LogP contribution is -2.45. The van der Waals surface area contributed by atoms with Crippen molar-refractivity contribution < 1.29 is 13.2 Å². The minimum atomic E-state index is -4.50. The molecular weight excluding hydrogens is 345 g/mol. The van der Waals surface area contributed by atoms with E-state index in [4.69, 9.17) is 10.5 Å². The molecule has 0 unspecified atom stereocenters. The summed E-state index contributed by atoms with van der Waals surface area (Å²) in [6.45, 7) is 6.37. The van der Waals surface area contributed by atoms with Crippen LogP contribution in [0.5, 0.6) is 0 Å². The van der Waals surface area contributed by atoms with Gasteiger partial charge in [-0.05, 0) is 24.2 Å². The highest BCUT2D eigenvalue weighted by molar-refractivity contribution is 6.10. The smallest absolute Gasteiger partial charge is 0.301 e. The molecule has 0 aliphatic carbocycles. The van der Waals surface area contributed by atoms with Crippen molar-refractivity contribution in [2.24, 2.45) is 5.10 Å². The van der Waals surface area contributed by atoms with Gasteiger partial charge in [0.1, 0.15) is 12.1 Å². The average molecular weight is 364 g/mol. The van der Waals surface area contributed by atoms with Gasteiger partial charge in [0.25, 0.3) is 0 Å². The van der Waals surface area contributed by atoms with Gasteiger partial charge in [-0.15, -0.1) is 0 Å². The fourth-order valence-corrected chi connectivity index (χ4v) is 2.75. The molecule has 9 heteroatoms. The van der Waals surface area contributed by atoms with E-state index in [1.165, 1.54) is 24.3 Å². The molecule has 2 rings (SSSR count). The molecule has 1 saturated heterocycles. The fraction of sp³-hybridized carbons (Fsp3) is 0.471. The Labute approximate surface area is 150 Å². The number of anilines is 1. The maximum atomic E-state index is 13.4. The van der Waals surface area contributed by atoms with Gasteiger partial charge in [-0.3, -0.25) is 10.3 Å². The van der Waals surface area contributed by atoms with Gasteiger partial charge < -0.3 is 4.90 Å².